The van der Waals surface area contributed by atoms with Crippen LogP contribution in [-0.2, 0) is 0 Å². The van der Waals surface area contributed by atoms with Crippen LogP contribution in [0.5, 0.6) is 0 Å². The minimum Gasteiger partial charge on any atom is -0.418 e. The van der Waals surface area contributed by atoms with E-state index in [0.717, 1.165) is 0 Å². The number of thiophene rings is 1. The van der Waals surface area contributed by atoms with Crippen LogP contribution in [0.15, 0.2) is 15.9 Å². The van der Waals surface area contributed by atoms with Crippen LogP contribution < -0.4 is 0 Å². The highest BCUT2D eigenvalue weighted by Gasteiger charge is 2.13. The minimum absolute atomic E-state index is 0.225. The predicted molar refractivity (Wildman–Crippen MR) is 34.0 cm³/mol. The van der Waals surface area contributed by atoms with Crippen LogP contribution in [0, 0.1) is 11.8 Å². The highest BCUT2D eigenvalue weighted by molar-refractivity contribution is 7.16. The van der Waals surface area contributed by atoms with E-state index in [1.807, 2.05) is 0 Å². The van der Waals surface area contributed by atoms with E-state index < -0.39 is 11.8 Å². The van der Waals surface area contributed by atoms with Crippen LogP contribution >= 0.6 is 11.3 Å². The maximum atomic E-state index is 12.5. The zero-order valence-electron chi connectivity index (χ0n) is 4.73. The van der Waals surface area contributed by atoms with Crippen molar-refractivity contribution >= 4 is 21.6 Å². The quantitative estimate of drug-likeness (QED) is 0.577. The Morgan fingerprint density at radius 1 is 1.40 bits per heavy atom. The second-order valence-corrected chi connectivity index (χ2v) is 2.69. The SMILES string of the molecule is Fc1oc2sccc2c1F. The largest absolute Gasteiger partial charge is 0.418 e. The van der Waals surface area contributed by atoms with Crippen LogP contribution in [-0.4, -0.2) is 0 Å². The molecular formula is C6H2F2OS. The van der Waals surface area contributed by atoms with Gasteiger partial charge in [0.2, 0.25) is 5.82 Å². The van der Waals surface area contributed by atoms with E-state index in [0.29, 0.717) is 4.90 Å². The smallest absolute Gasteiger partial charge is 0.316 e. The summed E-state index contributed by atoms with van der Waals surface area (Å²) in [5.41, 5.74) is 0. The molecule has 0 amide bonds. The van der Waals surface area contributed by atoms with Gasteiger partial charge in [0, 0.05) is 0 Å². The normalized spacial score (nSPS) is 11.0. The first-order valence-corrected chi connectivity index (χ1v) is 3.48. The molecule has 0 aliphatic carbocycles. The van der Waals surface area contributed by atoms with Gasteiger partial charge in [0.05, 0.1) is 5.39 Å². The van der Waals surface area contributed by atoms with Gasteiger partial charge in [-0.05, 0) is 11.4 Å². The molecule has 10 heavy (non-hydrogen) atoms. The molecule has 2 aromatic rings. The molecule has 2 rings (SSSR count). The van der Waals surface area contributed by atoms with Crippen molar-refractivity contribution in [3.8, 4) is 0 Å². The lowest BCUT2D eigenvalue weighted by atomic mass is 10.4. The third-order valence-electron chi connectivity index (χ3n) is 1.22. The van der Waals surface area contributed by atoms with Crippen LogP contribution in [0.25, 0.3) is 10.3 Å². The summed E-state index contributed by atoms with van der Waals surface area (Å²) in [6.45, 7) is 0. The summed E-state index contributed by atoms with van der Waals surface area (Å²) in [6.07, 6.45) is 0. The van der Waals surface area contributed by atoms with E-state index in [2.05, 4.69) is 4.42 Å². The van der Waals surface area contributed by atoms with Crippen molar-refractivity contribution in [3.63, 3.8) is 0 Å². The van der Waals surface area contributed by atoms with Crippen molar-refractivity contribution in [3.05, 3.63) is 23.3 Å². The average Bonchev–Trinajstić information content (AvgIpc) is 2.41. The van der Waals surface area contributed by atoms with Gasteiger partial charge >= 0.3 is 6.01 Å². The first-order valence-electron chi connectivity index (χ1n) is 2.60. The van der Waals surface area contributed by atoms with E-state index in [4.69, 9.17) is 0 Å². The standard InChI is InChI=1S/C6H2F2OS/c7-4-3-1-2-10-6(3)9-5(4)8/h1-2H. The van der Waals surface area contributed by atoms with Crippen LogP contribution in [0.1, 0.15) is 0 Å². The van der Waals surface area contributed by atoms with Gasteiger partial charge in [0.25, 0.3) is 0 Å². The van der Waals surface area contributed by atoms with Gasteiger partial charge in [-0.1, -0.05) is 0 Å². The average molecular weight is 160 g/mol. The molecule has 0 N–H and O–H groups in total. The highest BCUT2D eigenvalue weighted by Crippen LogP contribution is 2.27. The van der Waals surface area contributed by atoms with E-state index in [1.165, 1.54) is 17.4 Å². The molecule has 0 saturated heterocycles. The van der Waals surface area contributed by atoms with Gasteiger partial charge in [0.1, 0.15) is 0 Å². The van der Waals surface area contributed by atoms with Gasteiger partial charge in [0.15, 0.2) is 4.90 Å². The third-order valence-corrected chi connectivity index (χ3v) is 2.01. The fraction of sp³-hybridized carbons (Fsp3) is 0. The molecule has 0 radical (unpaired) electrons. The molecule has 0 spiro atoms. The Kier molecular flexibility index (Phi) is 1.05. The fourth-order valence-corrected chi connectivity index (χ4v) is 1.50. The molecule has 2 heterocycles. The van der Waals surface area contributed by atoms with Gasteiger partial charge in [-0.3, -0.25) is 0 Å². The summed E-state index contributed by atoms with van der Waals surface area (Å²) in [4.78, 5) is 0.301. The number of furan rings is 1. The fourth-order valence-electron chi connectivity index (χ4n) is 0.769. The number of fused-ring (bicyclic) bond motifs is 1. The van der Waals surface area contributed by atoms with Gasteiger partial charge in [-0.2, -0.15) is 8.78 Å². The molecule has 0 aromatic carbocycles. The van der Waals surface area contributed by atoms with Crippen molar-refractivity contribution < 1.29 is 13.2 Å². The van der Waals surface area contributed by atoms with Crippen molar-refractivity contribution in [2.75, 3.05) is 0 Å². The number of hydrogen-bond acceptors (Lipinski definition) is 2. The number of halogens is 2. The topological polar surface area (TPSA) is 13.1 Å². The monoisotopic (exact) mass is 160 g/mol. The van der Waals surface area contributed by atoms with E-state index in [1.54, 1.807) is 5.38 Å². The van der Waals surface area contributed by atoms with E-state index >= 15 is 0 Å². The zero-order chi connectivity index (χ0) is 7.14. The van der Waals surface area contributed by atoms with Gasteiger partial charge in [-0.15, -0.1) is 11.3 Å². The Hall–Kier alpha value is -0.900. The molecule has 1 nitrogen and oxygen atoms in total. The molecule has 0 bridgehead atoms. The second-order valence-electron chi connectivity index (χ2n) is 1.81. The van der Waals surface area contributed by atoms with Gasteiger partial charge < -0.3 is 4.42 Å². The molecule has 2 aromatic heterocycles. The van der Waals surface area contributed by atoms with Crippen molar-refractivity contribution in [2.24, 2.45) is 0 Å². The lowest BCUT2D eigenvalue weighted by Gasteiger charge is -1.73. The lowest BCUT2D eigenvalue weighted by Crippen LogP contribution is -1.69. The molecular weight excluding hydrogens is 158 g/mol. The summed E-state index contributed by atoms with van der Waals surface area (Å²) in [6, 6.07) is 0.365. The molecule has 0 aliphatic heterocycles. The van der Waals surface area contributed by atoms with Crippen LogP contribution in [0.3, 0.4) is 0 Å². The molecule has 0 unspecified atom stereocenters. The molecule has 52 valence electrons. The van der Waals surface area contributed by atoms with E-state index in [-0.39, 0.29) is 5.39 Å². The Labute approximate surface area is 58.9 Å². The number of rotatable bonds is 0. The molecule has 0 fully saturated rings. The van der Waals surface area contributed by atoms with Crippen molar-refractivity contribution in [2.45, 2.75) is 0 Å². The molecule has 4 heteroatoms. The summed E-state index contributed by atoms with van der Waals surface area (Å²) in [5.74, 6) is -0.892. The summed E-state index contributed by atoms with van der Waals surface area (Å²) >= 11 is 1.18. The highest BCUT2D eigenvalue weighted by atomic mass is 32.1. The predicted octanol–water partition coefficient (Wildman–Crippen LogP) is 2.77. The van der Waals surface area contributed by atoms with Crippen LogP contribution in [0.2, 0.25) is 0 Å². The maximum Gasteiger partial charge on any atom is 0.316 e. The Bertz CT molecular complexity index is 363. The Morgan fingerprint density at radius 2 is 2.20 bits per heavy atom. The summed E-state index contributed by atoms with van der Waals surface area (Å²) in [5, 5.41) is 1.87. The van der Waals surface area contributed by atoms with Crippen LogP contribution in [0.4, 0.5) is 8.78 Å². The number of hydrogen-bond donors (Lipinski definition) is 0. The van der Waals surface area contributed by atoms with Crippen molar-refractivity contribution in [1.29, 1.82) is 0 Å². The first kappa shape index (κ1) is 5.85. The first-order chi connectivity index (χ1) is 4.79. The second kappa shape index (κ2) is 1.79. The summed E-state index contributed by atoms with van der Waals surface area (Å²) in [7, 11) is 0. The third kappa shape index (κ3) is 0.593. The van der Waals surface area contributed by atoms with Crippen molar-refractivity contribution in [1.82, 2.24) is 0 Å². The molecule has 0 saturated carbocycles. The molecule has 0 atom stereocenters. The molecule has 0 aliphatic rings. The van der Waals surface area contributed by atoms with E-state index in [9.17, 15) is 8.78 Å². The zero-order valence-corrected chi connectivity index (χ0v) is 5.54. The lowest BCUT2D eigenvalue weighted by molar-refractivity contribution is 0.345. The summed E-state index contributed by atoms with van der Waals surface area (Å²) < 4.78 is 29.2. The maximum absolute atomic E-state index is 12.5. The Balaban J connectivity index is 2.95. The Morgan fingerprint density at radius 3 is 2.90 bits per heavy atom. The minimum atomic E-state index is -1.12. The van der Waals surface area contributed by atoms with Gasteiger partial charge in [-0.25, -0.2) is 0 Å².